The summed E-state index contributed by atoms with van der Waals surface area (Å²) in [6, 6.07) is 0. The molecule has 1 rings (SSSR count). The molecule has 0 saturated carbocycles. The van der Waals surface area contributed by atoms with Gasteiger partial charge in [0, 0.05) is 18.2 Å². The second-order valence-electron chi connectivity index (χ2n) is 4.09. The van der Waals surface area contributed by atoms with Crippen molar-refractivity contribution in [2.75, 3.05) is 11.9 Å². The second-order valence-corrected chi connectivity index (χ2v) is 4.94. The van der Waals surface area contributed by atoms with Crippen LogP contribution in [0.15, 0.2) is 5.38 Å². The number of terminal acetylenes is 1. The van der Waals surface area contributed by atoms with Crippen LogP contribution in [0.3, 0.4) is 0 Å². The third-order valence-corrected chi connectivity index (χ3v) is 3.21. The molecular formula is C14H18N2O3S. The van der Waals surface area contributed by atoms with Crippen molar-refractivity contribution < 1.29 is 14.3 Å². The van der Waals surface area contributed by atoms with Crippen LogP contribution in [0.5, 0.6) is 0 Å². The number of aromatic nitrogens is 1. The summed E-state index contributed by atoms with van der Waals surface area (Å²) < 4.78 is 4.83. The number of rotatable bonds is 8. The molecule has 5 nitrogen and oxygen atoms in total. The predicted molar refractivity (Wildman–Crippen MR) is 78.4 cm³/mol. The van der Waals surface area contributed by atoms with Crippen molar-refractivity contribution in [3.63, 3.8) is 0 Å². The van der Waals surface area contributed by atoms with Crippen LogP contribution >= 0.6 is 11.3 Å². The lowest BCUT2D eigenvalue weighted by molar-refractivity contribution is -0.142. The zero-order chi connectivity index (χ0) is 14.8. The topological polar surface area (TPSA) is 68.3 Å². The Labute approximate surface area is 122 Å². The second kappa shape index (κ2) is 9.10. The van der Waals surface area contributed by atoms with Crippen LogP contribution in [-0.4, -0.2) is 23.5 Å². The number of hydrogen-bond donors (Lipinski definition) is 1. The van der Waals surface area contributed by atoms with Crippen LogP contribution in [0.4, 0.5) is 5.13 Å². The maximum Gasteiger partial charge on any atom is 0.311 e. The van der Waals surface area contributed by atoms with E-state index in [0.29, 0.717) is 30.3 Å². The van der Waals surface area contributed by atoms with E-state index in [1.54, 1.807) is 12.3 Å². The molecule has 108 valence electrons. The van der Waals surface area contributed by atoms with Gasteiger partial charge in [-0.15, -0.1) is 23.7 Å². The van der Waals surface area contributed by atoms with E-state index in [1.807, 2.05) is 0 Å². The van der Waals surface area contributed by atoms with Crippen LogP contribution in [0.2, 0.25) is 0 Å². The fraction of sp³-hybridized carbons (Fsp3) is 0.500. The number of carbonyl (C=O) groups is 2. The molecule has 0 aliphatic carbocycles. The van der Waals surface area contributed by atoms with Crippen LogP contribution in [-0.2, 0) is 20.7 Å². The van der Waals surface area contributed by atoms with E-state index >= 15 is 0 Å². The molecule has 20 heavy (non-hydrogen) atoms. The van der Waals surface area contributed by atoms with Gasteiger partial charge in [-0.05, 0) is 19.8 Å². The van der Waals surface area contributed by atoms with Gasteiger partial charge < -0.3 is 10.1 Å². The van der Waals surface area contributed by atoms with Gasteiger partial charge in [0.05, 0.1) is 18.7 Å². The molecule has 1 amide bonds. The molecule has 1 N–H and O–H groups in total. The molecule has 1 aromatic rings. The van der Waals surface area contributed by atoms with E-state index in [0.717, 1.165) is 12.8 Å². The van der Waals surface area contributed by atoms with Crippen LogP contribution in [0.25, 0.3) is 0 Å². The van der Waals surface area contributed by atoms with Gasteiger partial charge in [0.1, 0.15) is 0 Å². The van der Waals surface area contributed by atoms with Crippen molar-refractivity contribution in [3.8, 4) is 12.3 Å². The fourth-order valence-corrected chi connectivity index (χ4v) is 2.23. The Kier molecular flexibility index (Phi) is 7.36. The molecule has 0 bridgehead atoms. The van der Waals surface area contributed by atoms with Crippen LogP contribution in [0.1, 0.15) is 38.3 Å². The lowest BCUT2D eigenvalue weighted by atomic mass is 10.2. The van der Waals surface area contributed by atoms with Gasteiger partial charge >= 0.3 is 5.97 Å². The number of carbonyl (C=O) groups excluding carboxylic acids is 2. The first kappa shape index (κ1) is 16.2. The van der Waals surface area contributed by atoms with Gasteiger partial charge in [0.15, 0.2) is 5.13 Å². The minimum absolute atomic E-state index is 0.0842. The van der Waals surface area contributed by atoms with Crippen LogP contribution < -0.4 is 5.32 Å². The van der Waals surface area contributed by atoms with Gasteiger partial charge in [-0.1, -0.05) is 0 Å². The van der Waals surface area contributed by atoms with E-state index in [9.17, 15) is 9.59 Å². The smallest absolute Gasteiger partial charge is 0.311 e. The summed E-state index contributed by atoms with van der Waals surface area (Å²) in [5, 5.41) is 4.96. The summed E-state index contributed by atoms with van der Waals surface area (Å²) >= 11 is 1.30. The molecule has 1 aromatic heterocycles. The summed E-state index contributed by atoms with van der Waals surface area (Å²) in [6.07, 6.45) is 7.98. The fourth-order valence-electron chi connectivity index (χ4n) is 1.50. The van der Waals surface area contributed by atoms with Crippen molar-refractivity contribution >= 4 is 28.3 Å². The van der Waals surface area contributed by atoms with E-state index in [4.69, 9.17) is 11.2 Å². The number of nitrogens with zero attached hydrogens (tertiary/aromatic N) is 1. The molecule has 0 aliphatic heterocycles. The summed E-state index contributed by atoms with van der Waals surface area (Å²) in [5.41, 5.74) is 0.607. The van der Waals surface area contributed by atoms with Gasteiger partial charge in [-0.2, -0.15) is 0 Å². The number of esters is 1. The Bertz CT molecular complexity index is 491. The molecule has 0 fully saturated rings. The van der Waals surface area contributed by atoms with Gasteiger partial charge in [-0.25, -0.2) is 4.98 Å². The Morgan fingerprint density at radius 1 is 1.50 bits per heavy atom. The van der Waals surface area contributed by atoms with E-state index in [2.05, 4.69) is 16.2 Å². The van der Waals surface area contributed by atoms with Crippen molar-refractivity contribution in [2.45, 2.75) is 39.0 Å². The Hall–Kier alpha value is -1.87. The molecule has 0 unspecified atom stereocenters. The average molecular weight is 294 g/mol. The van der Waals surface area contributed by atoms with E-state index in [1.165, 1.54) is 11.3 Å². The van der Waals surface area contributed by atoms with Crippen LogP contribution in [0, 0.1) is 12.3 Å². The van der Waals surface area contributed by atoms with Crippen molar-refractivity contribution in [2.24, 2.45) is 0 Å². The maximum absolute atomic E-state index is 11.6. The third kappa shape index (κ3) is 6.34. The molecule has 0 spiro atoms. The van der Waals surface area contributed by atoms with Gasteiger partial charge in [0.25, 0.3) is 0 Å². The van der Waals surface area contributed by atoms with E-state index < -0.39 is 0 Å². The highest BCUT2D eigenvalue weighted by atomic mass is 32.1. The molecule has 1 heterocycles. The number of anilines is 1. The molecule has 0 saturated heterocycles. The standard InChI is InChI=1S/C14H18N2O3S/c1-3-5-6-7-8-12(17)16-14-15-11(10-20-14)9-13(18)19-4-2/h1,10H,4-9H2,2H3,(H,15,16,17). The zero-order valence-corrected chi connectivity index (χ0v) is 12.3. The Morgan fingerprint density at radius 2 is 2.30 bits per heavy atom. The summed E-state index contributed by atoms with van der Waals surface area (Å²) in [5.74, 6) is 2.14. The largest absolute Gasteiger partial charge is 0.466 e. The quantitative estimate of drug-likeness (QED) is 0.454. The van der Waals surface area contributed by atoms with Gasteiger partial charge in [-0.3, -0.25) is 9.59 Å². The normalized spacial score (nSPS) is 9.80. The van der Waals surface area contributed by atoms with Crippen molar-refractivity contribution in [3.05, 3.63) is 11.1 Å². The minimum atomic E-state index is -0.315. The number of unbranched alkanes of at least 4 members (excludes halogenated alkanes) is 2. The molecule has 0 aliphatic rings. The molecule has 0 aromatic carbocycles. The molecular weight excluding hydrogens is 276 g/mol. The maximum atomic E-state index is 11.6. The summed E-state index contributed by atoms with van der Waals surface area (Å²) in [4.78, 5) is 27.1. The predicted octanol–water partition coefficient (Wildman–Crippen LogP) is 2.38. The highest BCUT2D eigenvalue weighted by Crippen LogP contribution is 2.16. The van der Waals surface area contributed by atoms with Crippen molar-refractivity contribution in [1.82, 2.24) is 4.98 Å². The monoisotopic (exact) mass is 294 g/mol. The number of amides is 1. The Balaban J connectivity index is 2.34. The average Bonchev–Trinajstić information content (AvgIpc) is 2.82. The van der Waals surface area contributed by atoms with E-state index in [-0.39, 0.29) is 18.3 Å². The molecule has 0 radical (unpaired) electrons. The number of thiazole rings is 1. The minimum Gasteiger partial charge on any atom is -0.466 e. The SMILES string of the molecule is C#CCCCCC(=O)Nc1nc(CC(=O)OCC)cs1. The lowest BCUT2D eigenvalue weighted by Crippen LogP contribution is -2.11. The third-order valence-electron chi connectivity index (χ3n) is 2.40. The number of hydrogen-bond acceptors (Lipinski definition) is 5. The zero-order valence-electron chi connectivity index (χ0n) is 11.5. The first-order chi connectivity index (χ1) is 9.65. The Morgan fingerprint density at radius 3 is 3.00 bits per heavy atom. The van der Waals surface area contributed by atoms with Gasteiger partial charge in [0.2, 0.25) is 5.91 Å². The lowest BCUT2D eigenvalue weighted by Gasteiger charge is -2.00. The van der Waals surface area contributed by atoms with Crippen molar-refractivity contribution in [1.29, 1.82) is 0 Å². The summed E-state index contributed by atoms with van der Waals surface area (Å²) in [7, 11) is 0. The first-order valence-electron chi connectivity index (χ1n) is 6.49. The first-order valence-corrected chi connectivity index (χ1v) is 7.37. The molecule has 6 heteroatoms. The molecule has 0 atom stereocenters. The summed E-state index contributed by atoms with van der Waals surface area (Å²) in [6.45, 7) is 2.11. The number of ether oxygens (including phenoxy) is 1. The number of nitrogens with one attached hydrogen (secondary N) is 1. The highest BCUT2D eigenvalue weighted by Gasteiger charge is 2.10. The highest BCUT2D eigenvalue weighted by molar-refractivity contribution is 7.13.